The first-order chi connectivity index (χ1) is 8.39. The van der Waals surface area contributed by atoms with E-state index in [2.05, 4.69) is 4.98 Å². The summed E-state index contributed by atoms with van der Waals surface area (Å²) in [5.74, 6) is 0. The van der Waals surface area contributed by atoms with Crippen molar-refractivity contribution in [3.05, 3.63) is 28.7 Å². The Morgan fingerprint density at radius 3 is 2.61 bits per heavy atom. The Bertz CT molecular complexity index is 543. The molecular weight excluding hydrogens is 270 g/mol. The quantitative estimate of drug-likeness (QED) is 0.744. The lowest BCUT2D eigenvalue weighted by Gasteiger charge is -2.20. The van der Waals surface area contributed by atoms with Crippen molar-refractivity contribution < 1.29 is 22.3 Å². The highest BCUT2D eigenvalue weighted by atomic mass is 32.2. The number of alkyl halides is 2. The van der Waals surface area contributed by atoms with Crippen LogP contribution < -0.4 is 5.43 Å². The Hall–Kier alpha value is -1.32. The summed E-state index contributed by atoms with van der Waals surface area (Å²) >= 11 is 0. The van der Waals surface area contributed by atoms with Gasteiger partial charge in [-0.25, -0.2) is 17.2 Å². The molecule has 1 aromatic rings. The van der Waals surface area contributed by atoms with Crippen LogP contribution in [0.2, 0.25) is 0 Å². The van der Waals surface area contributed by atoms with Gasteiger partial charge in [-0.15, -0.1) is 0 Å². The van der Waals surface area contributed by atoms with Gasteiger partial charge in [0.2, 0.25) is 15.5 Å². The molecule has 0 saturated carbocycles. The Morgan fingerprint density at radius 2 is 2.11 bits per heavy atom. The molecule has 1 aromatic heterocycles. The van der Waals surface area contributed by atoms with Crippen LogP contribution in [0.5, 0.6) is 0 Å². The standard InChI is InChI=1S/C9H12F2N2O4S/c10-9(11)6-13(3-4-14)18(16,17)8-5-12-2-1-7(8)15/h1-2,5,9,14H,3-4,6H2,(H,12,15). The van der Waals surface area contributed by atoms with E-state index in [0.29, 0.717) is 4.31 Å². The lowest BCUT2D eigenvalue weighted by Crippen LogP contribution is -2.39. The summed E-state index contributed by atoms with van der Waals surface area (Å²) in [6.07, 6.45) is -0.743. The summed E-state index contributed by atoms with van der Waals surface area (Å²) in [5.41, 5.74) is -0.800. The summed E-state index contributed by atoms with van der Waals surface area (Å²) in [6, 6.07) is 0.979. The number of nitrogens with one attached hydrogen (secondary N) is 1. The smallest absolute Gasteiger partial charge is 0.252 e. The van der Waals surface area contributed by atoms with E-state index in [1.165, 1.54) is 6.20 Å². The molecular formula is C9H12F2N2O4S. The van der Waals surface area contributed by atoms with E-state index in [9.17, 15) is 22.0 Å². The molecule has 9 heteroatoms. The van der Waals surface area contributed by atoms with Gasteiger partial charge in [0.25, 0.3) is 6.43 Å². The molecule has 0 unspecified atom stereocenters. The third-order valence-corrected chi connectivity index (χ3v) is 3.98. The number of hydrogen-bond acceptors (Lipinski definition) is 4. The molecule has 18 heavy (non-hydrogen) atoms. The molecule has 1 heterocycles. The van der Waals surface area contributed by atoms with Crippen LogP contribution in [0.25, 0.3) is 0 Å². The van der Waals surface area contributed by atoms with Crippen LogP contribution in [-0.2, 0) is 10.0 Å². The third kappa shape index (κ3) is 3.34. The van der Waals surface area contributed by atoms with Crippen molar-refractivity contribution in [2.75, 3.05) is 19.7 Å². The molecule has 0 aliphatic heterocycles. The zero-order valence-electron chi connectivity index (χ0n) is 9.21. The maximum atomic E-state index is 12.3. The average molecular weight is 282 g/mol. The lowest BCUT2D eigenvalue weighted by atomic mass is 10.5. The molecule has 0 aromatic carbocycles. The lowest BCUT2D eigenvalue weighted by molar-refractivity contribution is 0.113. The molecule has 1 rings (SSSR count). The molecule has 0 fully saturated rings. The Balaban J connectivity index is 3.17. The first-order valence-corrected chi connectivity index (χ1v) is 6.40. The number of rotatable bonds is 6. The molecule has 0 aliphatic carbocycles. The molecule has 0 radical (unpaired) electrons. The second-order valence-corrected chi connectivity index (χ2v) is 5.26. The number of pyridine rings is 1. The molecule has 2 N–H and O–H groups in total. The fraction of sp³-hybridized carbons (Fsp3) is 0.444. The largest absolute Gasteiger partial charge is 0.395 e. The zero-order chi connectivity index (χ0) is 13.8. The van der Waals surface area contributed by atoms with E-state index in [0.717, 1.165) is 12.3 Å². The predicted molar refractivity (Wildman–Crippen MR) is 58.9 cm³/mol. The average Bonchev–Trinajstić information content (AvgIpc) is 2.28. The van der Waals surface area contributed by atoms with Gasteiger partial charge in [0.15, 0.2) is 0 Å². The predicted octanol–water partition coefficient (Wildman–Crippen LogP) is -0.377. The van der Waals surface area contributed by atoms with Crippen molar-refractivity contribution in [3.63, 3.8) is 0 Å². The minimum absolute atomic E-state index is 0.377. The molecule has 0 amide bonds. The Labute approximate surface area is 102 Å². The van der Waals surface area contributed by atoms with Crippen LogP contribution in [-0.4, -0.2) is 48.9 Å². The van der Waals surface area contributed by atoms with E-state index in [1.54, 1.807) is 0 Å². The highest BCUT2D eigenvalue weighted by molar-refractivity contribution is 7.89. The van der Waals surface area contributed by atoms with E-state index in [-0.39, 0.29) is 0 Å². The highest BCUT2D eigenvalue weighted by Gasteiger charge is 2.28. The fourth-order valence-corrected chi connectivity index (χ4v) is 2.76. The number of aliphatic hydroxyl groups is 1. The minimum Gasteiger partial charge on any atom is -0.395 e. The van der Waals surface area contributed by atoms with Crippen LogP contribution in [0.15, 0.2) is 28.2 Å². The van der Waals surface area contributed by atoms with Crippen molar-refractivity contribution in [1.82, 2.24) is 9.29 Å². The van der Waals surface area contributed by atoms with E-state index in [1.807, 2.05) is 0 Å². The van der Waals surface area contributed by atoms with Gasteiger partial charge in [-0.05, 0) is 0 Å². The van der Waals surface area contributed by atoms with Crippen LogP contribution in [0, 0.1) is 0 Å². The summed E-state index contributed by atoms with van der Waals surface area (Å²) in [7, 11) is -4.34. The van der Waals surface area contributed by atoms with E-state index < -0.39 is 46.5 Å². The summed E-state index contributed by atoms with van der Waals surface area (Å²) in [4.78, 5) is 13.2. The SMILES string of the molecule is O=c1cc[nH]cc1S(=O)(=O)N(CCO)CC(F)F. The Morgan fingerprint density at radius 1 is 1.44 bits per heavy atom. The van der Waals surface area contributed by atoms with E-state index >= 15 is 0 Å². The van der Waals surface area contributed by atoms with Gasteiger partial charge in [0.1, 0.15) is 4.90 Å². The van der Waals surface area contributed by atoms with Crippen molar-refractivity contribution in [2.45, 2.75) is 11.3 Å². The monoisotopic (exact) mass is 282 g/mol. The van der Waals surface area contributed by atoms with Crippen LogP contribution in [0.1, 0.15) is 0 Å². The molecule has 0 bridgehead atoms. The molecule has 0 saturated heterocycles. The summed E-state index contributed by atoms with van der Waals surface area (Å²) in [5, 5.41) is 8.69. The second-order valence-electron chi connectivity index (χ2n) is 3.35. The number of aromatic nitrogens is 1. The minimum atomic E-state index is -4.34. The molecule has 6 nitrogen and oxygen atoms in total. The first-order valence-electron chi connectivity index (χ1n) is 4.96. The second kappa shape index (κ2) is 6.03. The molecule has 0 aliphatic rings. The van der Waals surface area contributed by atoms with Crippen LogP contribution in [0.3, 0.4) is 0 Å². The van der Waals surface area contributed by atoms with Crippen molar-refractivity contribution in [3.8, 4) is 0 Å². The van der Waals surface area contributed by atoms with Gasteiger partial charge >= 0.3 is 0 Å². The van der Waals surface area contributed by atoms with Gasteiger partial charge in [-0.3, -0.25) is 4.79 Å². The van der Waals surface area contributed by atoms with Gasteiger partial charge in [-0.1, -0.05) is 0 Å². The summed E-state index contributed by atoms with van der Waals surface area (Å²) in [6.45, 7) is -2.19. The fourth-order valence-electron chi connectivity index (χ4n) is 1.32. The first kappa shape index (κ1) is 14.7. The van der Waals surface area contributed by atoms with Crippen molar-refractivity contribution in [2.24, 2.45) is 0 Å². The number of aromatic amines is 1. The Kier molecular flexibility index (Phi) is 4.93. The van der Waals surface area contributed by atoms with Gasteiger partial charge in [0, 0.05) is 25.0 Å². The van der Waals surface area contributed by atoms with Crippen LogP contribution in [0.4, 0.5) is 8.78 Å². The van der Waals surface area contributed by atoms with Crippen molar-refractivity contribution in [1.29, 1.82) is 0 Å². The number of hydrogen-bond donors (Lipinski definition) is 2. The number of halogens is 2. The molecule has 102 valence electrons. The van der Waals surface area contributed by atoms with Gasteiger partial charge in [0.05, 0.1) is 13.2 Å². The maximum absolute atomic E-state index is 12.3. The summed E-state index contributed by atoms with van der Waals surface area (Å²) < 4.78 is 48.8. The topological polar surface area (TPSA) is 90.5 Å². The maximum Gasteiger partial charge on any atom is 0.252 e. The highest BCUT2D eigenvalue weighted by Crippen LogP contribution is 2.12. The normalized spacial score (nSPS) is 12.3. The third-order valence-electron chi connectivity index (χ3n) is 2.10. The van der Waals surface area contributed by atoms with Crippen LogP contribution >= 0.6 is 0 Å². The molecule has 0 atom stereocenters. The number of nitrogens with zero attached hydrogens (tertiary/aromatic N) is 1. The van der Waals surface area contributed by atoms with Gasteiger partial charge in [-0.2, -0.15) is 4.31 Å². The molecule has 0 spiro atoms. The van der Waals surface area contributed by atoms with E-state index in [4.69, 9.17) is 5.11 Å². The zero-order valence-corrected chi connectivity index (χ0v) is 10.0. The number of H-pyrrole nitrogens is 1. The number of aliphatic hydroxyl groups excluding tert-OH is 1. The number of sulfonamides is 1. The van der Waals surface area contributed by atoms with Gasteiger partial charge < -0.3 is 10.1 Å². The van der Waals surface area contributed by atoms with Crippen molar-refractivity contribution >= 4 is 10.0 Å².